The van der Waals surface area contributed by atoms with E-state index in [1.807, 2.05) is 13.8 Å². The first-order valence-electron chi connectivity index (χ1n) is 9.46. The van der Waals surface area contributed by atoms with Crippen molar-refractivity contribution in [3.8, 4) is 0 Å². The first kappa shape index (κ1) is 24.9. The summed E-state index contributed by atoms with van der Waals surface area (Å²) in [5.74, 6) is 0. The van der Waals surface area contributed by atoms with Crippen molar-refractivity contribution in [3.63, 3.8) is 0 Å². The minimum Gasteiger partial charge on any atom is -0.387 e. The van der Waals surface area contributed by atoms with Gasteiger partial charge in [-0.15, -0.1) is 0 Å². The van der Waals surface area contributed by atoms with Gasteiger partial charge in [-0.1, -0.05) is 13.8 Å². The lowest BCUT2D eigenvalue weighted by molar-refractivity contribution is -0.304. The van der Waals surface area contributed by atoms with Gasteiger partial charge in [-0.2, -0.15) is 0 Å². The van der Waals surface area contributed by atoms with E-state index in [4.69, 9.17) is 18.7 Å². The fraction of sp³-hybridized carbons (Fsp3) is 1.00. The lowest BCUT2D eigenvalue weighted by Crippen LogP contribution is -2.59. The summed E-state index contributed by atoms with van der Waals surface area (Å²) in [6.45, 7) is 7.49. The molecule has 0 amide bonds. The average molecular weight is 414 g/mol. The number of rotatable bonds is 12. The van der Waals surface area contributed by atoms with Gasteiger partial charge in [-0.25, -0.2) is 0 Å². The van der Waals surface area contributed by atoms with E-state index in [-0.39, 0.29) is 25.9 Å². The number of hydrogen-bond donors (Lipinski definition) is 4. The normalized spacial score (nSPS) is 31.4. The van der Waals surface area contributed by atoms with Gasteiger partial charge < -0.3 is 38.9 Å². The van der Waals surface area contributed by atoms with Gasteiger partial charge in [0.25, 0.3) is 0 Å². The Morgan fingerprint density at radius 2 is 1.59 bits per heavy atom. The van der Waals surface area contributed by atoms with Crippen LogP contribution in [0, 0.1) is 0 Å². The van der Waals surface area contributed by atoms with Gasteiger partial charge in [-0.05, 0) is 33.1 Å². The van der Waals surface area contributed by atoms with E-state index in [0.717, 1.165) is 0 Å². The van der Waals surface area contributed by atoms with E-state index in [9.17, 15) is 24.8 Å². The van der Waals surface area contributed by atoms with Crippen LogP contribution in [0.25, 0.3) is 0 Å². The molecule has 0 aromatic heterocycles. The van der Waals surface area contributed by atoms with Crippen LogP contribution in [0.1, 0.15) is 47.0 Å². The van der Waals surface area contributed by atoms with Gasteiger partial charge >= 0.3 is 7.60 Å². The van der Waals surface area contributed by atoms with Gasteiger partial charge in [0.05, 0.1) is 25.0 Å². The maximum Gasteiger partial charge on any atom is 0.330 e. The van der Waals surface area contributed by atoms with E-state index in [1.165, 1.54) is 0 Å². The molecule has 0 aromatic rings. The third kappa shape index (κ3) is 8.43. The zero-order valence-electron chi connectivity index (χ0n) is 16.6. The smallest absolute Gasteiger partial charge is 0.330 e. The van der Waals surface area contributed by atoms with E-state index in [1.54, 1.807) is 13.8 Å². The Kier molecular flexibility index (Phi) is 10.9. The van der Waals surface area contributed by atoms with Gasteiger partial charge in [-0.3, -0.25) is 4.57 Å². The van der Waals surface area contributed by atoms with E-state index in [2.05, 4.69) is 0 Å². The van der Waals surface area contributed by atoms with E-state index in [0.29, 0.717) is 19.3 Å². The molecule has 1 aliphatic rings. The molecule has 0 saturated carbocycles. The summed E-state index contributed by atoms with van der Waals surface area (Å²) < 4.78 is 33.1. The number of hydrogen-bond acceptors (Lipinski definition) is 8. The fourth-order valence-corrected chi connectivity index (χ4v) is 3.09. The van der Waals surface area contributed by atoms with Crippen molar-refractivity contribution in [1.29, 1.82) is 0 Å². The van der Waals surface area contributed by atoms with Crippen LogP contribution in [0.4, 0.5) is 0 Å². The molecule has 1 saturated heterocycles. The molecule has 27 heavy (non-hydrogen) atoms. The van der Waals surface area contributed by atoms with Crippen molar-refractivity contribution in [2.24, 2.45) is 0 Å². The highest BCUT2D eigenvalue weighted by Crippen LogP contribution is 2.47. The molecule has 0 spiro atoms. The maximum absolute atomic E-state index is 11.6. The predicted molar refractivity (Wildman–Crippen MR) is 98.5 cm³/mol. The largest absolute Gasteiger partial charge is 0.387 e. The Bertz CT molecular complexity index is 460. The Morgan fingerprint density at radius 1 is 0.963 bits per heavy atom. The fourth-order valence-electron chi connectivity index (χ4n) is 2.40. The lowest BCUT2D eigenvalue weighted by Gasteiger charge is -2.40. The van der Waals surface area contributed by atoms with Crippen molar-refractivity contribution < 1.29 is 43.5 Å². The number of aliphatic hydroxyl groups excluding tert-OH is 3. The second-order valence-electron chi connectivity index (χ2n) is 7.32. The standard InChI is InChI=1S/C17H35O9P/c1-11(2)24-10-13-14(18)15(19)16(20)17(26-13)23-8-6-5-7-9-25-27(21,22)12(3)4/h11-20H,5-10H2,1-4H3,(H,21,22). The summed E-state index contributed by atoms with van der Waals surface area (Å²) in [6.07, 6.45) is -3.98. The van der Waals surface area contributed by atoms with Gasteiger partial charge in [0.2, 0.25) is 0 Å². The number of ether oxygens (including phenoxy) is 3. The number of unbranched alkanes of at least 4 members (excludes halogenated alkanes) is 2. The average Bonchev–Trinajstić information content (AvgIpc) is 2.59. The molecule has 1 heterocycles. The molecule has 0 aromatic carbocycles. The van der Waals surface area contributed by atoms with Crippen LogP contribution >= 0.6 is 7.60 Å². The minimum absolute atomic E-state index is 0.0590. The van der Waals surface area contributed by atoms with Crippen LogP contribution in [0.15, 0.2) is 0 Å². The summed E-state index contributed by atoms with van der Waals surface area (Å²) in [6, 6.07) is 0. The lowest BCUT2D eigenvalue weighted by atomic mass is 9.99. The third-order valence-electron chi connectivity index (χ3n) is 4.26. The molecular weight excluding hydrogens is 379 g/mol. The number of aliphatic hydroxyl groups is 3. The molecule has 9 nitrogen and oxygen atoms in total. The van der Waals surface area contributed by atoms with Crippen molar-refractivity contribution in [1.82, 2.24) is 0 Å². The second-order valence-corrected chi connectivity index (χ2v) is 9.74. The zero-order valence-corrected chi connectivity index (χ0v) is 17.5. The van der Waals surface area contributed by atoms with Crippen LogP contribution in [0.5, 0.6) is 0 Å². The Labute approximate surface area is 161 Å². The van der Waals surface area contributed by atoms with Crippen molar-refractivity contribution in [2.45, 2.75) is 89.4 Å². The molecule has 0 radical (unpaired) electrons. The summed E-state index contributed by atoms with van der Waals surface area (Å²) >= 11 is 0. The maximum atomic E-state index is 11.6. The second kappa shape index (κ2) is 11.8. The summed E-state index contributed by atoms with van der Waals surface area (Å²) in [5, 5.41) is 30.0. The van der Waals surface area contributed by atoms with Crippen molar-refractivity contribution >= 4 is 7.60 Å². The van der Waals surface area contributed by atoms with Crippen LogP contribution < -0.4 is 0 Å². The predicted octanol–water partition coefficient (Wildman–Crippen LogP) is 1.02. The molecule has 6 atom stereocenters. The van der Waals surface area contributed by atoms with Gasteiger partial charge in [0.1, 0.15) is 24.4 Å². The van der Waals surface area contributed by atoms with Crippen LogP contribution in [-0.2, 0) is 23.3 Å². The monoisotopic (exact) mass is 414 g/mol. The quantitative estimate of drug-likeness (QED) is 0.273. The zero-order chi connectivity index (χ0) is 20.6. The molecule has 1 rings (SSSR count). The molecule has 10 heteroatoms. The van der Waals surface area contributed by atoms with E-state index < -0.39 is 44.0 Å². The Morgan fingerprint density at radius 3 is 2.19 bits per heavy atom. The molecule has 6 unspecified atom stereocenters. The van der Waals surface area contributed by atoms with Crippen LogP contribution in [0.2, 0.25) is 0 Å². The minimum atomic E-state index is -3.53. The van der Waals surface area contributed by atoms with E-state index >= 15 is 0 Å². The topological polar surface area (TPSA) is 135 Å². The van der Waals surface area contributed by atoms with Gasteiger partial charge in [0, 0.05) is 6.61 Å². The Balaban J connectivity index is 2.29. The highest BCUT2D eigenvalue weighted by atomic mass is 31.2. The third-order valence-corrected chi connectivity index (χ3v) is 6.12. The van der Waals surface area contributed by atoms with Crippen LogP contribution in [0.3, 0.4) is 0 Å². The summed E-state index contributed by atoms with van der Waals surface area (Å²) in [5.41, 5.74) is -0.430. The molecule has 162 valence electrons. The van der Waals surface area contributed by atoms with Crippen LogP contribution in [-0.4, -0.2) is 82.5 Å². The first-order valence-corrected chi connectivity index (χ1v) is 11.1. The highest BCUT2D eigenvalue weighted by molar-refractivity contribution is 7.53. The highest BCUT2D eigenvalue weighted by Gasteiger charge is 2.44. The summed E-state index contributed by atoms with van der Waals surface area (Å²) in [7, 11) is -3.53. The van der Waals surface area contributed by atoms with Gasteiger partial charge in [0.15, 0.2) is 6.29 Å². The molecule has 0 aliphatic carbocycles. The summed E-state index contributed by atoms with van der Waals surface area (Å²) in [4.78, 5) is 9.55. The molecule has 1 fully saturated rings. The Hall–Kier alpha value is -0.0900. The SMILES string of the molecule is CC(C)OCC1OC(OCCCCCOP(=O)(O)C(C)C)C(O)C(O)C1O. The molecular formula is C17H35O9P. The van der Waals surface area contributed by atoms with Crippen molar-refractivity contribution in [3.05, 3.63) is 0 Å². The van der Waals surface area contributed by atoms with Crippen molar-refractivity contribution in [2.75, 3.05) is 19.8 Å². The molecule has 4 N–H and O–H groups in total. The molecule has 1 aliphatic heterocycles. The molecule has 0 bridgehead atoms. The first-order chi connectivity index (χ1) is 12.6.